The van der Waals surface area contributed by atoms with Crippen molar-refractivity contribution in [1.82, 2.24) is 0 Å². The number of nitrogens with one attached hydrogen (secondary N) is 1. The number of carbonyl (C=O) groups is 1. The summed E-state index contributed by atoms with van der Waals surface area (Å²) in [5, 5.41) is 14.1. The van der Waals surface area contributed by atoms with E-state index >= 15 is 0 Å². The van der Waals surface area contributed by atoms with Crippen molar-refractivity contribution in [3.05, 3.63) is 63.2 Å². The smallest absolute Gasteiger partial charge is 0.271 e. The molecule has 0 saturated heterocycles. The summed E-state index contributed by atoms with van der Waals surface area (Å²) in [5.41, 5.74) is 2.95. The van der Waals surface area contributed by atoms with Crippen LogP contribution in [0.2, 0.25) is 0 Å². The Labute approximate surface area is 177 Å². The quantitative estimate of drug-likeness (QED) is 0.503. The molecule has 0 fully saturated rings. The molecule has 30 heavy (non-hydrogen) atoms. The highest BCUT2D eigenvalue weighted by Gasteiger charge is 2.31. The second-order valence-electron chi connectivity index (χ2n) is 7.11. The summed E-state index contributed by atoms with van der Waals surface area (Å²) in [6.45, 7) is 7.06. The van der Waals surface area contributed by atoms with E-state index in [1.54, 1.807) is 6.92 Å². The standard InChI is InChI=1S/C21H27N3O5S/c1-6-16-9-8-10-17(7-2)20(16)22-21(25)15(4)23(30(5,28)29)19-13-18(24(26)27)12-11-14(19)3/h8-13,15H,6-7H2,1-5H3,(H,22,25)/t15-/m1/s1. The van der Waals surface area contributed by atoms with Crippen molar-refractivity contribution in [3.63, 3.8) is 0 Å². The van der Waals surface area contributed by atoms with Crippen LogP contribution in [-0.2, 0) is 27.7 Å². The summed E-state index contributed by atoms with van der Waals surface area (Å²) in [5.74, 6) is -0.512. The number of hydrogen-bond acceptors (Lipinski definition) is 5. The van der Waals surface area contributed by atoms with Gasteiger partial charge in [-0.05, 0) is 43.4 Å². The number of carbonyl (C=O) groups excluding carboxylic acids is 1. The average Bonchev–Trinajstić information content (AvgIpc) is 2.68. The van der Waals surface area contributed by atoms with Crippen LogP contribution in [0.4, 0.5) is 17.1 Å². The minimum absolute atomic E-state index is 0.105. The van der Waals surface area contributed by atoms with E-state index in [9.17, 15) is 23.3 Å². The maximum absolute atomic E-state index is 13.1. The van der Waals surface area contributed by atoms with Crippen LogP contribution in [0.5, 0.6) is 0 Å². The molecule has 1 atom stereocenters. The molecule has 0 radical (unpaired) electrons. The summed E-state index contributed by atoms with van der Waals surface area (Å²) >= 11 is 0. The topological polar surface area (TPSA) is 110 Å². The lowest BCUT2D eigenvalue weighted by Crippen LogP contribution is -2.45. The fraction of sp³-hybridized carbons (Fsp3) is 0.381. The van der Waals surface area contributed by atoms with Gasteiger partial charge in [0.1, 0.15) is 6.04 Å². The summed E-state index contributed by atoms with van der Waals surface area (Å²) < 4.78 is 26.1. The van der Waals surface area contributed by atoms with Crippen LogP contribution in [0.15, 0.2) is 36.4 Å². The van der Waals surface area contributed by atoms with Gasteiger partial charge in [-0.1, -0.05) is 38.1 Å². The number of amides is 1. The molecule has 2 aromatic carbocycles. The van der Waals surface area contributed by atoms with Crippen LogP contribution in [-0.4, -0.2) is 31.5 Å². The van der Waals surface area contributed by atoms with E-state index < -0.39 is 26.9 Å². The Morgan fingerprint density at radius 1 is 1.17 bits per heavy atom. The molecular weight excluding hydrogens is 406 g/mol. The highest BCUT2D eigenvalue weighted by molar-refractivity contribution is 7.92. The molecule has 0 spiro atoms. The van der Waals surface area contributed by atoms with E-state index in [1.807, 2.05) is 32.0 Å². The van der Waals surface area contributed by atoms with E-state index in [4.69, 9.17) is 0 Å². The van der Waals surface area contributed by atoms with Gasteiger partial charge in [0, 0.05) is 17.8 Å². The Morgan fingerprint density at radius 3 is 2.20 bits per heavy atom. The fourth-order valence-electron chi connectivity index (χ4n) is 3.36. The minimum atomic E-state index is -3.90. The molecule has 0 bridgehead atoms. The molecule has 0 aliphatic rings. The number of non-ortho nitro benzene ring substituents is 1. The molecule has 0 aliphatic carbocycles. The molecular formula is C21H27N3O5S. The first-order chi connectivity index (χ1) is 14.0. The zero-order valence-electron chi connectivity index (χ0n) is 17.8. The zero-order valence-corrected chi connectivity index (χ0v) is 18.6. The van der Waals surface area contributed by atoms with Crippen molar-refractivity contribution < 1.29 is 18.1 Å². The van der Waals surface area contributed by atoms with Crippen molar-refractivity contribution in [2.24, 2.45) is 0 Å². The molecule has 0 unspecified atom stereocenters. The third-order valence-electron chi connectivity index (χ3n) is 4.98. The average molecular weight is 434 g/mol. The fourth-order valence-corrected chi connectivity index (χ4v) is 4.58. The predicted molar refractivity (Wildman–Crippen MR) is 118 cm³/mol. The monoisotopic (exact) mass is 433 g/mol. The summed E-state index contributed by atoms with van der Waals surface area (Å²) in [6.07, 6.45) is 2.39. The van der Waals surface area contributed by atoms with Gasteiger partial charge in [-0.15, -0.1) is 0 Å². The zero-order chi connectivity index (χ0) is 22.6. The molecule has 1 N–H and O–H groups in total. The van der Waals surface area contributed by atoms with Crippen LogP contribution in [0.3, 0.4) is 0 Å². The Kier molecular flexibility index (Phi) is 7.20. The lowest BCUT2D eigenvalue weighted by Gasteiger charge is -2.29. The Balaban J connectivity index is 2.50. The van der Waals surface area contributed by atoms with Gasteiger partial charge in [0.15, 0.2) is 0 Å². The van der Waals surface area contributed by atoms with Crippen molar-refractivity contribution >= 4 is 33.0 Å². The third kappa shape index (κ3) is 4.96. The lowest BCUT2D eigenvalue weighted by atomic mass is 10.0. The maximum Gasteiger partial charge on any atom is 0.271 e. The van der Waals surface area contributed by atoms with Crippen molar-refractivity contribution in [2.45, 2.75) is 46.6 Å². The van der Waals surface area contributed by atoms with E-state index in [2.05, 4.69) is 5.32 Å². The van der Waals surface area contributed by atoms with Crippen LogP contribution >= 0.6 is 0 Å². The second kappa shape index (κ2) is 9.25. The van der Waals surface area contributed by atoms with Gasteiger partial charge < -0.3 is 5.32 Å². The summed E-state index contributed by atoms with van der Waals surface area (Å²) in [7, 11) is -3.90. The van der Waals surface area contributed by atoms with E-state index in [1.165, 1.54) is 25.1 Å². The van der Waals surface area contributed by atoms with Gasteiger partial charge in [0.05, 0.1) is 16.9 Å². The highest BCUT2D eigenvalue weighted by Crippen LogP contribution is 2.30. The van der Waals surface area contributed by atoms with Crippen molar-refractivity contribution in [2.75, 3.05) is 15.9 Å². The van der Waals surface area contributed by atoms with E-state index in [0.717, 1.165) is 21.7 Å². The lowest BCUT2D eigenvalue weighted by molar-refractivity contribution is -0.384. The Hall–Kier alpha value is -2.94. The number of para-hydroxylation sites is 1. The molecule has 2 rings (SSSR count). The SMILES string of the molecule is CCc1cccc(CC)c1NC(=O)[C@@H](C)N(c1cc([N+](=O)[O-])ccc1C)S(C)(=O)=O. The number of benzene rings is 2. The van der Waals surface area contributed by atoms with E-state index in [0.29, 0.717) is 24.1 Å². The second-order valence-corrected chi connectivity index (χ2v) is 8.97. The first-order valence-corrected chi connectivity index (χ1v) is 11.5. The molecule has 162 valence electrons. The summed E-state index contributed by atoms with van der Waals surface area (Å²) in [6, 6.07) is 8.59. The number of sulfonamides is 1. The van der Waals surface area contributed by atoms with E-state index in [-0.39, 0.29) is 11.4 Å². The molecule has 2 aromatic rings. The first-order valence-electron chi connectivity index (χ1n) is 9.67. The molecule has 1 amide bonds. The van der Waals surface area contributed by atoms with Crippen LogP contribution < -0.4 is 9.62 Å². The number of hydrogen-bond donors (Lipinski definition) is 1. The van der Waals surface area contributed by atoms with Crippen LogP contribution in [0, 0.1) is 17.0 Å². The number of aryl methyl sites for hydroxylation is 3. The highest BCUT2D eigenvalue weighted by atomic mass is 32.2. The third-order valence-corrected chi connectivity index (χ3v) is 6.20. The molecule has 0 aromatic heterocycles. The van der Waals surface area contributed by atoms with Gasteiger partial charge in [0.25, 0.3) is 5.69 Å². The number of rotatable bonds is 8. The van der Waals surface area contributed by atoms with Crippen molar-refractivity contribution in [1.29, 1.82) is 0 Å². The van der Waals surface area contributed by atoms with Crippen molar-refractivity contribution in [3.8, 4) is 0 Å². The molecule has 0 heterocycles. The van der Waals surface area contributed by atoms with Crippen LogP contribution in [0.1, 0.15) is 37.5 Å². The number of nitro benzene ring substituents is 1. The summed E-state index contributed by atoms with van der Waals surface area (Å²) in [4.78, 5) is 23.7. The molecule has 0 saturated carbocycles. The first kappa shape index (κ1) is 23.3. The number of nitrogens with zero attached hydrogens (tertiary/aromatic N) is 2. The molecule has 9 heteroatoms. The number of nitro groups is 1. The normalized spacial score (nSPS) is 12.3. The van der Waals surface area contributed by atoms with Gasteiger partial charge >= 0.3 is 0 Å². The predicted octanol–water partition coefficient (Wildman–Crippen LogP) is 3.82. The minimum Gasteiger partial charge on any atom is -0.324 e. The Bertz CT molecular complexity index is 1040. The molecule has 0 aliphatic heterocycles. The van der Waals surface area contributed by atoms with Gasteiger partial charge in [-0.3, -0.25) is 19.2 Å². The largest absolute Gasteiger partial charge is 0.324 e. The van der Waals surface area contributed by atoms with Gasteiger partial charge in [-0.25, -0.2) is 8.42 Å². The van der Waals surface area contributed by atoms with Gasteiger partial charge in [0.2, 0.25) is 15.9 Å². The maximum atomic E-state index is 13.1. The number of anilines is 2. The Morgan fingerprint density at radius 2 is 1.73 bits per heavy atom. The van der Waals surface area contributed by atoms with Gasteiger partial charge in [-0.2, -0.15) is 0 Å². The van der Waals surface area contributed by atoms with Crippen LogP contribution in [0.25, 0.3) is 0 Å². The molecule has 8 nitrogen and oxygen atoms in total.